The maximum absolute atomic E-state index is 12.4. The van der Waals surface area contributed by atoms with Gasteiger partial charge in [0, 0.05) is 19.1 Å². The molecule has 1 atom stereocenters. The summed E-state index contributed by atoms with van der Waals surface area (Å²) in [5, 5.41) is 2.36. The van der Waals surface area contributed by atoms with E-state index in [2.05, 4.69) is 10.2 Å². The van der Waals surface area contributed by atoms with Crippen LogP contribution in [0.3, 0.4) is 0 Å². The third-order valence-corrected chi connectivity index (χ3v) is 3.44. The molecule has 0 bridgehead atoms. The Kier molecular flexibility index (Phi) is 6.12. The highest BCUT2D eigenvalue weighted by Gasteiger charge is 2.56. The molecule has 1 aliphatic heterocycles. The zero-order chi connectivity index (χ0) is 15.4. The normalized spacial score (nSPS) is 20.4. The van der Waals surface area contributed by atoms with Crippen molar-refractivity contribution in [2.24, 2.45) is 5.92 Å². The van der Waals surface area contributed by atoms with E-state index in [1.165, 1.54) is 0 Å². The minimum atomic E-state index is -5.27. The maximum Gasteiger partial charge on any atom is 0.401 e. The van der Waals surface area contributed by atoms with Crippen LogP contribution in [0.2, 0.25) is 0 Å². The average molecular weight is 306 g/mol. The van der Waals surface area contributed by atoms with Crippen molar-refractivity contribution in [1.82, 2.24) is 10.2 Å². The smallest absolute Gasteiger partial charge is 0.312 e. The summed E-state index contributed by atoms with van der Waals surface area (Å²) in [5.74, 6) is -3.31. The summed E-state index contributed by atoms with van der Waals surface area (Å²) in [6.07, 6.45) is -7.35. The van der Waals surface area contributed by atoms with E-state index in [9.17, 15) is 26.3 Å². The molecule has 1 heterocycles. The summed E-state index contributed by atoms with van der Waals surface area (Å²) in [6.45, 7) is 2.67. The van der Waals surface area contributed by atoms with Crippen molar-refractivity contribution in [3.8, 4) is 0 Å². The molecule has 0 saturated carbocycles. The second-order valence-electron chi connectivity index (χ2n) is 5.31. The molecule has 20 heavy (non-hydrogen) atoms. The van der Waals surface area contributed by atoms with Crippen LogP contribution in [0.15, 0.2) is 0 Å². The first-order valence-electron chi connectivity index (χ1n) is 6.70. The van der Waals surface area contributed by atoms with Crippen LogP contribution in [-0.2, 0) is 0 Å². The molecule has 1 fully saturated rings. The molecule has 120 valence electrons. The Morgan fingerprint density at radius 3 is 1.90 bits per heavy atom. The summed E-state index contributed by atoms with van der Waals surface area (Å²) in [6, 6.07) is -0.402. The van der Waals surface area contributed by atoms with Gasteiger partial charge in [0.05, 0.1) is 0 Å². The summed E-state index contributed by atoms with van der Waals surface area (Å²) in [4.78, 5) is 2.07. The van der Waals surface area contributed by atoms with Crippen LogP contribution in [0.4, 0.5) is 26.3 Å². The number of nitrogens with one attached hydrogen (secondary N) is 1. The molecule has 1 N–H and O–H groups in total. The number of rotatable bonds is 5. The molecule has 8 heteroatoms. The fourth-order valence-electron chi connectivity index (χ4n) is 2.33. The van der Waals surface area contributed by atoms with Crippen molar-refractivity contribution in [3.63, 3.8) is 0 Å². The number of nitrogens with zero attached hydrogens (tertiary/aromatic N) is 1. The van der Waals surface area contributed by atoms with Crippen molar-refractivity contribution in [2.75, 3.05) is 26.2 Å². The average Bonchev–Trinajstić information content (AvgIpc) is 2.26. The van der Waals surface area contributed by atoms with Crippen molar-refractivity contribution in [2.45, 2.75) is 44.6 Å². The number of likely N-dealkylation sites (tertiary alicyclic amines) is 1. The van der Waals surface area contributed by atoms with Gasteiger partial charge >= 0.3 is 12.4 Å². The van der Waals surface area contributed by atoms with Gasteiger partial charge in [-0.2, -0.15) is 26.3 Å². The van der Waals surface area contributed by atoms with Crippen molar-refractivity contribution >= 4 is 0 Å². The number of hydrogen-bond donors (Lipinski definition) is 1. The Morgan fingerprint density at radius 2 is 1.45 bits per heavy atom. The van der Waals surface area contributed by atoms with E-state index in [1.54, 1.807) is 6.92 Å². The molecule has 0 aromatic carbocycles. The van der Waals surface area contributed by atoms with E-state index >= 15 is 0 Å². The zero-order valence-corrected chi connectivity index (χ0v) is 11.3. The van der Waals surface area contributed by atoms with Gasteiger partial charge in [-0.3, -0.25) is 0 Å². The topological polar surface area (TPSA) is 15.3 Å². The van der Waals surface area contributed by atoms with Gasteiger partial charge in [0.25, 0.3) is 0 Å². The highest BCUT2D eigenvalue weighted by Crippen LogP contribution is 2.38. The predicted octanol–water partition coefficient (Wildman–Crippen LogP) is 3.19. The van der Waals surface area contributed by atoms with Gasteiger partial charge in [-0.15, -0.1) is 0 Å². The Labute approximate surface area is 114 Å². The summed E-state index contributed by atoms with van der Waals surface area (Å²) in [7, 11) is 0. The lowest BCUT2D eigenvalue weighted by atomic mass is 10.1. The lowest BCUT2D eigenvalue weighted by Crippen LogP contribution is -2.48. The number of halogens is 6. The molecule has 0 aromatic rings. The Morgan fingerprint density at radius 1 is 0.950 bits per heavy atom. The molecule has 0 radical (unpaired) electrons. The predicted molar refractivity (Wildman–Crippen MR) is 63.4 cm³/mol. The number of alkyl halides is 6. The van der Waals surface area contributed by atoms with E-state index in [1.807, 2.05) is 0 Å². The quantitative estimate of drug-likeness (QED) is 0.785. The third kappa shape index (κ3) is 5.87. The lowest BCUT2D eigenvalue weighted by Gasteiger charge is -2.30. The first-order valence-corrected chi connectivity index (χ1v) is 6.70. The second kappa shape index (κ2) is 6.98. The SMILES string of the molecule is CC(CN1CCCCC1)NCC(C(F)(F)F)C(F)(F)F. The van der Waals surface area contributed by atoms with Gasteiger partial charge in [-0.05, 0) is 32.9 Å². The summed E-state index contributed by atoms with van der Waals surface area (Å²) < 4.78 is 74.1. The van der Waals surface area contributed by atoms with E-state index < -0.39 is 30.9 Å². The van der Waals surface area contributed by atoms with Gasteiger partial charge in [-0.25, -0.2) is 0 Å². The minimum absolute atomic E-state index is 0.402. The van der Waals surface area contributed by atoms with Crippen LogP contribution < -0.4 is 5.32 Å². The summed E-state index contributed by atoms with van der Waals surface area (Å²) in [5.41, 5.74) is 0. The van der Waals surface area contributed by atoms with Gasteiger partial charge in [0.2, 0.25) is 0 Å². The highest BCUT2D eigenvalue weighted by molar-refractivity contribution is 4.80. The third-order valence-electron chi connectivity index (χ3n) is 3.44. The van der Waals surface area contributed by atoms with E-state index in [4.69, 9.17) is 0 Å². The fraction of sp³-hybridized carbons (Fsp3) is 1.00. The molecule has 0 spiro atoms. The maximum atomic E-state index is 12.4. The van der Waals surface area contributed by atoms with Crippen molar-refractivity contribution in [1.29, 1.82) is 0 Å². The zero-order valence-electron chi connectivity index (χ0n) is 11.3. The molecule has 0 aliphatic carbocycles. The van der Waals surface area contributed by atoms with Gasteiger partial charge in [0.15, 0.2) is 5.92 Å². The van der Waals surface area contributed by atoms with Gasteiger partial charge < -0.3 is 10.2 Å². The molecule has 1 aliphatic rings. The minimum Gasteiger partial charge on any atom is -0.312 e. The van der Waals surface area contributed by atoms with Gasteiger partial charge in [-0.1, -0.05) is 6.42 Å². The summed E-state index contributed by atoms with van der Waals surface area (Å²) >= 11 is 0. The largest absolute Gasteiger partial charge is 0.401 e. The van der Waals surface area contributed by atoms with Crippen LogP contribution in [0, 0.1) is 5.92 Å². The molecule has 2 nitrogen and oxygen atoms in total. The molecule has 1 saturated heterocycles. The Balaban J connectivity index is 2.42. The monoisotopic (exact) mass is 306 g/mol. The number of hydrogen-bond acceptors (Lipinski definition) is 2. The lowest BCUT2D eigenvalue weighted by molar-refractivity contribution is -0.282. The molecule has 1 rings (SSSR count). The molecule has 1 unspecified atom stereocenters. The second-order valence-corrected chi connectivity index (χ2v) is 5.31. The first-order chi connectivity index (χ1) is 9.10. The molecule has 0 aromatic heterocycles. The van der Waals surface area contributed by atoms with Crippen LogP contribution in [0.5, 0.6) is 0 Å². The van der Waals surface area contributed by atoms with Crippen LogP contribution in [0.1, 0.15) is 26.2 Å². The van der Waals surface area contributed by atoms with Crippen LogP contribution >= 0.6 is 0 Å². The van der Waals surface area contributed by atoms with Crippen LogP contribution in [0.25, 0.3) is 0 Å². The van der Waals surface area contributed by atoms with Crippen LogP contribution in [-0.4, -0.2) is 49.5 Å². The van der Waals surface area contributed by atoms with Crippen molar-refractivity contribution in [3.05, 3.63) is 0 Å². The number of piperidine rings is 1. The molecular formula is C12H20F6N2. The van der Waals surface area contributed by atoms with E-state index in [-0.39, 0.29) is 0 Å². The Bertz CT molecular complexity index is 269. The van der Waals surface area contributed by atoms with Crippen molar-refractivity contribution < 1.29 is 26.3 Å². The van der Waals surface area contributed by atoms with E-state index in [0.29, 0.717) is 6.54 Å². The highest BCUT2D eigenvalue weighted by atomic mass is 19.4. The Hall–Kier alpha value is -0.500. The van der Waals surface area contributed by atoms with Gasteiger partial charge in [0.1, 0.15) is 0 Å². The fourth-order valence-corrected chi connectivity index (χ4v) is 2.33. The first kappa shape index (κ1) is 17.6. The molecule has 0 amide bonds. The standard InChI is InChI=1S/C12H20F6N2/c1-9(8-20-5-3-2-4-6-20)19-7-10(11(13,14)15)12(16,17)18/h9-10,19H,2-8H2,1H3. The molecular weight excluding hydrogens is 286 g/mol. The van der Waals surface area contributed by atoms with E-state index in [0.717, 1.165) is 32.4 Å².